The van der Waals surface area contributed by atoms with E-state index in [-0.39, 0.29) is 16.9 Å². The fourth-order valence-corrected chi connectivity index (χ4v) is 8.83. The Kier molecular flexibility index (Phi) is 10.6. The first-order valence-corrected chi connectivity index (χ1v) is 18.2. The summed E-state index contributed by atoms with van der Waals surface area (Å²) in [5, 5.41) is 2.63. The van der Waals surface area contributed by atoms with Gasteiger partial charge in [0.25, 0.3) is 0 Å². The van der Waals surface area contributed by atoms with Gasteiger partial charge >= 0.3 is 0 Å². The molecular formula is C39H50NO2PS. The standard InChI is InChI=1S/C39H50NO2PS/c1-37(2,3)33-25-28(26-34(36(33)42-10)38(4,5)6)31-23-17-18-24-32(31)35(40-44(41)39(7,8)9)27-43(29-19-13-11-14-20-29)30-21-15-12-16-22-30/h11-26,35,40H,27H2,1-10H3/t35-,44+/m0/s1. The highest BCUT2D eigenvalue weighted by Gasteiger charge is 2.31. The van der Waals surface area contributed by atoms with E-state index in [1.807, 2.05) is 20.8 Å². The lowest BCUT2D eigenvalue weighted by atomic mass is 9.77. The molecule has 0 radical (unpaired) electrons. The summed E-state index contributed by atoms with van der Waals surface area (Å²) in [5.41, 5.74) is 5.63. The molecule has 0 aliphatic rings. The molecule has 0 heterocycles. The molecule has 0 saturated carbocycles. The zero-order chi connectivity index (χ0) is 32.3. The lowest BCUT2D eigenvalue weighted by Crippen LogP contribution is -2.37. The average molecular weight is 628 g/mol. The van der Waals surface area contributed by atoms with Gasteiger partial charge < -0.3 is 4.74 Å². The first-order chi connectivity index (χ1) is 20.6. The highest BCUT2D eigenvalue weighted by Crippen LogP contribution is 2.45. The van der Waals surface area contributed by atoms with Crippen LogP contribution in [0, 0.1) is 0 Å². The van der Waals surface area contributed by atoms with Gasteiger partial charge in [0.2, 0.25) is 0 Å². The molecule has 0 aliphatic heterocycles. The van der Waals surface area contributed by atoms with Gasteiger partial charge in [0.1, 0.15) is 5.75 Å². The maximum Gasteiger partial charge on any atom is 0.126 e. The van der Waals surface area contributed by atoms with Crippen LogP contribution < -0.4 is 20.1 Å². The molecule has 4 aromatic carbocycles. The van der Waals surface area contributed by atoms with Crippen molar-refractivity contribution in [3.05, 3.63) is 114 Å². The van der Waals surface area contributed by atoms with Crippen LogP contribution >= 0.6 is 7.92 Å². The second-order valence-corrected chi connectivity index (χ2v) is 18.8. The van der Waals surface area contributed by atoms with E-state index < -0.39 is 23.7 Å². The molecule has 0 unspecified atom stereocenters. The van der Waals surface area contributed by atoms with Crippen LogP contribution in [-0.2, 0) is 21.8 Å². The van der Waals surface area contributed by atoms with Crippen molar-refractivity contribution in [2.45, 2.75) is 83.9 Å². The van der Waals surface area contributed by atoms with E-state index in [1.165, 1.54) is 21.7 Å². The van der Waals surface area contributed by atoms with Crippen molar-refractivity contribution in [2.75, 3.05) is 13.3 Å². The van der Waals surface area contributed by atoms with Crippen LogP contribution in [0.4, 0.5) is 0 Å². The summed E-state index contributed by atoms with van der Waals surface area (Å²) in [5.74, 6) is 0.964. The Bertz CT molecular complexity index is 1490. The van der Waals surface area contributed by atoms with Crippen molar-refractivity contribution in [2.24, 2.45) is 0 Å². The van der Waals surface area contributed by atoms with Gasteiger partial charge in [-0.3, -0.25) is 0 Å². The van der Waals surface area contributed by atoms with Crippen molar-refractivity contribution in [1.29, 1.82) is 0 Å². The fourth-order valence-electron chi connectivity index (χ4n) is 5.45. The molecule has 1 N–H and O–H groups in total. The van der Waals surface area contributed by atoms with Crippen LogP contribution in [0.15, 0.2) is 97.1 Å². The average Bonchev–Trinajstić information content (AvgIpc) is 2.98. The quantitative estimate of drug-likeness (QED) is 0.188. The van der Waals surface area contributed by atoms with Gasteiger partial charge in [0.15, 0.2) is 0 Å². The summed E-state index contributed by atoms with van der Waals surface area (Å²) in [6, 6.07) is 34.7. The number of ether oxygens (including phenoxy) is 1. The van der Waals surface area contributed by atoms with Gasteiger partial charge in [-0.05, 0) is 85.1 Å². The minimum atomic E-state index is -1.26. The zero-order valence-electron chi connectivity index (χ0n) is 28.2. The first kappa shape index (κ1) is 34.1. The van der Waals surface area contributed by atoms with Crippen molar-refractivity contribution < 1.29 is 8.95 Å². The highest BCUT2D eigenvalue weighted by atomic mass is 32.2. The predicted molar refractivity (Wildman–Crippen MR) is 194 cm³/mol. The third-order valence-electron chi connectivity index (χ3n) is 7.86. The zero-order valence-corrected chi connectivity index (χ0v) is 29.9. The molecule has 234 valence electrons. The second-order valence-electron chi connectivity index (χ2n) is 14.5. The summed E-state index contributed by atoms with van der Waals surface area (Å²) < 4.78 is 23.1. The number of nitrogens with one attached hydrogen (secondary N) is 1. The second kappa shape index (κ2) is 13.7. The maximum atomic E-state index is 13.8. The molecule has 4 rings (SSSR count). The summed E-state index contributed by atoms with van der Waals surface area (Å²) in [7, 11) is -0.217. The molecular weight excluding hydrogens is 577 g/mol. The van der Waals surface area contributed by atoms with E-state index in [0.717, 1.165) is 28.6 Å². The van der Waals surface area contributed by atoms with Gasteiger partial charge in [-0.25, -0.2) is 8.93 Å². The van der Waals surface area contributed by atoms with Gasteiger partial charge in [-0.2, -0.15) is 0 Å². The molecule has 0 spiro atoms. The van der Waals surface area contributed by atoms with Crippen LogP contribution in [0.2, 0.25) is 0 Å². The van der Waals surface area contributed by atoms with E-state index in [1.54, 1.807) is 7.11 Å². The Morgan fingerprint density at radius 3 is 1.59 bits per heavy atom. The summed E-state index contributed by atoms with van der Waals surface area (Å²) >= 11 is 0. The summed E-state index contributed by atoms with van der Waals surface area (Å²) in [6.07, 6.45) is 0.816. The Labute approximate surface area is 270 Å². The summed E-state index contributed by atoms with van der Waals surface area (Å²) in [6.45, 7) is 19.6. The van der Waals surface area contributed by atoms with Crippen LogP contribution in [0.1, 0.15) is 85.0 Å². The lowest BCUT2D eigenvalue weighted by molar-refractivity contribution is 0.381. The molecule has 44 heavy (non-hydrogen) atoms. The SMILES string of the molecule is COc1c(C(C)(C)C)cc(-c2ccccc2[C@H](CP(c2ccccc2)c2ccccc2)N[S@](=O)C(C)(C)C)cc1C(C)(C)C. The van der Waals surface area contributed by atoms with Crippen LogP contribution in [0.25, 0.3) is 11.1 Å². The first-order valence-electron chi connectivity index (χ1n) is 15.5. The fraction of sp³-hybridized carbons (Fsp3) is 0.385. The van der Waals surface area contributed by atoms with Crippen LogP contribution in [0.3, 0.4) is 0 Å². The van der Waals surface area contributed by atoms with E-state index in [2.05, 4.69) is 143 Å². The van der Waals surface area contributed by atoms with E-state index >= 15 is 0 Å². The minimum absolute atomic E-state index is 0.114. The van der Waals surface area contributed by atoms with Gasteiger partial charge in [0, 0.05) is 17.2 Å². The van der Waals surface area contributed by atoms with E-state index in [0.29, 0.717) is 0 Å². The van der Waals surface area contributed by atoms with Crippen LogP contribution in [0.5, 0.6) is 5.75 Å². The molecule has 0 saturated heterocycles. The Balaban J connectivity index is 1.95. The molecule has 4 aromatic rings. The number of hydrogen-bond acceptors (Lipinski definition) is 2. The van der Waals surface area contributed by atoms with Gasteiger partial charge in [0.05, 0.1) is 22.8 Å². The van der Waals surface area contributed by atoms with Crippen molar-refractivity contribution in [3.63, 3.8) is 0 Å². The molecule has 0 amide bonds. The molecule has 2 atom stereocenters. The maximum absolute atomic E-state index is 13.8. The normalized spacial score (nSPS) is 14.0. The minimum Gasteiger partial charge on any atom is -0.496 e. The van der Waals surface area contributed by atoms with Crippen LogP contribution in [-0.4, -0.2) is 22.2 Å². The largest absolute Gasteiger partial charge is 0.496 e. The molecule has 3 nitrogen and oxygen atoms in total. The van der Waals surface area contributed by atoms with Gasteiger partial charge in [-0.1, -0.05) is 126 Å². The van der Waals surface area contributed by atoms with Gasteiger partial charge in [-0.15, -0.1) is 0 Å². The molecule has 0 aromatic heterocycles. The summed E-state index contributed by atoms with van der Waals surface area (Å²) in [4.78, 5) is 0. The Morgan fingerprint density at radius 1 is 0.705 bits per heavy atom. The van der Waals surface area contributed by atoms with Crippen molar-refractivity contribution >= 4 is 29.5 Å². The highest BCUT2D eigenvalue weighted by molar-refractivity contribution is 7.84. The molecule has 0 aliphatic carbocycles. The smallest absolute Gasteiger partial charge is 0.126 e. The Hall–Kier alpha value is -2.78. The number of hydrogen-bond donors (Lipinski definition) is 1. The topological polar surface area (TPSA) is 38.3 Å². The Morgan fingerprint density at radius 2 is 1.16 bits per heavy atom. The lowest BCUT2D eigenvalue weighted by Gasteiger charge is -2.32. The third-order valence-corrected chi connectivity index (χ3v) is 12.0. The number of benzene rings is 4. The van der Waals surface area contributed by atoms with Crippen molar-refractivity contribution in [3.8, 4) is 16.9 Å². The predicted octanol–water partition coefficient (Wildman–Crippen LogP) is 9.18. The van der Waals surface area contributed by atoms with E-state index in [9.17, 15) is 4.21 Å². The van der Waals surface area contributed by atoms with E-state index in [4.69, 9.17) is 4.74 Å². The van der Waals surface area contributed by atoms with Crippen molar-refractivity contribution in [1.82, 2.24) is 4.72 Å². The number of rotatable bonds is 9. The molecule has 0 fully saturated rings. The monoisotopic (exact) mass is 627 g/mol. The number of methoxy groups -OCH3 is 1. The molecule has 0 bridgehead atoms. The molecule has 5 heteroatoms. The third kappa shape index (κ3) is 8.08.